The Bertz CT molecular complexity index is 774. The topological polar surface area (TPSA) is 88.2 Å². The Labute approximate surface area is 129 Å². The molecule has 0 bridgehead atoms. The van der Waals surface area contributed by atoms with Crippen molar-refractivity contribution in [1.82, 2.24) is 9.71 Å². The summed E-state index contributed by atoms with van der Waals surface area (Å²) in [6.07, 6.45) is 3.23. The van der Waals surface area contributed by atoms with E-state index in [0.29, 0.717) is 11.3 Å². The van der Waals surface area contributed by atoms with Crippen LogP contribution in [0.5, 0.6) is 0 Å². The van der Waals surface area contributed by atoms with Crippen molar-refractivity contribution in [1.29, 1.82) is 0 Å². The summed E-state index contributed by atoms with van der Waals surface area (Å²) in [5.41, 5.74) is 2.05. The second-order valence-electron chi connectivity index (χ2n) is 4.84. The van der Waals surface area contributed by atoms with Crippen molar-refractivity contribution in [3.8, 4) is 0 Å². The number of sulfonamides is 1. The van der Waals surface area contributed by atoms with Crippen molar-refractivity contribution < 1.29 is 13.2 Å². The fourth-order valence-electron chi connectivity index (χ4n) is 1.90. The third-order valence-electron chi connectivity index (χ3n) is 3.01. The number of carbonyl (C=O) groups is 1. The van der Waals surface area contributed by atoms with Gasteiger partial charge in [0.05, 0.1) is 4.90 Å². The second kappa shape index (κ2) is 6.67. The molecule has 0 atom stereocenters. The van der Waals surface area contributed by atoms with Crippen LogP contribution >= 0.6 is 0 Å². The summed E-state index contributed by atoms with van der Waals surface area (Å²) in [6, 6.07) is 8.10. The van der Waals surface area contributed by atoms with Crippen LogP contribution in [0.4, 0.5) is 5.69 Å². The molecule has 1 heterocycles. The molecule has 1 aromatic carbocycles. The fourth-order valence-corrected chi connectivity index (χ4v) is 3.00. The number of nitrogens with one attached hydrogen (secondary N) is 2. The number of carbonyl (C=O) groups excluding carboxylic acids is 1. The lowest BCUT2D eigenvalue weighted by Gasteiger charge is -2.10. The highest BCUT2D eigenvalue weighted by atomic mass is 32.2. The van der Waals surface area contributed by atoms with E-state index >= 15 is 0 Å². The Kier molecular flexibility index (Phi) is 4.89. The summed E-state index contributed by atoms with van der Waals surface area (Å²) >= 11 is 0. The van der Waals surface area contributed by atoms with Gasteiger partial charge in [0.15, 0.2) is 0 Å². The van der Waals surface area contributed by atoms with Crippen molar-refractivity contribution in [2.75, 3.05) is 5.32 Å². The van der Waals surface area contributed by atoms with Gasteiger partial charge in [-0.1, -0.05) is 6.07 Å². The van der Waals surface area contributed by atoms with Crippen LogP contribution in [0.1, 0.15) is 18.1 Å². The number of aromatic nitrogens is 1. The van der Waals surface area contributed by atoms with E-state index < -0.39 is 10.0 Å². The van der Waals surface area contributed by atoms with E-state index in [9.17, 15) is 13.2 Å². The number of nitrogens with zero attached hydrogens (tertiary/aromatic N) is 1. The Hall–Kier alpha value is -2.25. The minimum absolute atomic E-state index is 0.156. The van der Waals surface area contributed by atoms with Crippen LogP contribution < -0.4 is 10.0 Å². The molecule has 0 saturated heterocycles. The summed E-state index contributed by atoms with van der Waals surface area (Å²) in [6.45, 7) is 3.31. The van der Waals surface area contributed by atoms with Crippen molar-refractivity contribution in [3.05, 3.63) is 53.9 Å². The van der Waals surface area contributed by atoms with E-state index in [1.165, 1.54) is 19.1 Å². The van der Waals surface area contributed by atoms with E-state index in [1.54, 1.807) is 37.5 Å². The molecule has 2 rings (SSSR count). The van der Waals surface area contributed by atoms with Gasteiger partial charge in [0.2, 0.25) is 15.9 Å². The molecule has 0 aliphatic heterocycles. The van der Waals surface area contributed by atoms with E-state index in [0.717, 1.165) is 5.56 Å². The SMILES string of the molecule is CC(=O)Nc1ccc(S(=O)(=O)NCc2cccnc2)cc1C. The molecule has 0 saturated carbocycles. The van der Waals surface area contributed by atoms with Crippen LogP contribution in [0, 0.1) is 6.92 Å². The number of hydrogen-bond donors (Lipinski definition) is 2. The van der Waals surface area contributed by atoms with Gasteiger partial charge in [0.1, 0.15) is 0 Å². The van der Waals surface area contributed by atoms with Gasteiger partial charge in [0.25, 0.3) is 0 Å². The summed E-state index contributed by atoms with van der Waals surface area (Å²) in [5, 5.41) is 2.65. The van der Waals surface area contributed by atoms with Crippen molar-refractivity contribution in [2.24, 2.45) is 0 Å². The van der Waals surface area contributed by atoms with Crippen molar-refractivity contribution in [3.63, 3.8) is 0 Å². The zero-order valence-electron chi connectivity index (χ0n) is 12.3. The van der Waals surface area contributed by atoms with Crippen LogP contribution in [0.25, 0.3) is 0 Å². The van der Waals surface area contributed by atoms with Gasteiger partial charge in [-0.15, -0.1) is 0 Å². The molecule has 116 valence electrons. The predicted octanol–water partition coefficient (Wildman–Crippen LogP) is 1.83. The number of pyridine rings is 1. The van der Waals surface area contributed by atoms with Gasteiger partial charge >= 0.3 is 0 Å². The van der Waals surface area contributed by atoms with Gasteiger partial charge < -0.3 is 5.32 Å². The Balaban J connectivity index is 2.15. The number of hydrogen-bond acceptors (Lipinski definition) is 4. The van der Waals surface area contributed by atoms with Crippen molar-refractivity contribution >= 4 is 21.6 Å². The van der Waals surface area contributed by atoms with Gasteiger partial charge in [-0.25, -0.2) is 13.1 Å². The van der Waals surface area contributed by atoms with E-state index in [2.05, 4.69) is 15.0 Å². The Morgan fingerprint density at radius 2 is 2.05 bits per heavy atom. The molecule has 0 aliphatic carbocycles. The second-order valence-corrected chi connectivity index (χ2v) is 6.61. The summed E-state index contributed by atoms with van der Waals surface area (Å²) in [5.74, 6) is -0.201. The van der Waals surface area contributed by atoms with Gasteiger partial charge in [-0.05, 0) is 42.3 Å². The maximum absolute atomic E-state index is 12.3. The first-order chi connectivity index (χ1) is 10.4. The molecular weight excluding hydrogens is 302 g/mol. The van der Waals surface area contributed by atoms with Crippen LogP contribution in [-0.2, 0) is 21.4 Å². The number of rotatable bonds is 5. The highest BCUT2D eigenvalue weighted by Gasteiger charge is 2.15. The van der Waals surface area contributed by atoms with Crippen LogP contribution in [0.2, 0.25) is 0 Å². The van der Waals surface area contributed by atoms with Crippen molar-refractivity contribution in [2.45, 2.75) is 25.3 Å². The standard InChI is InChI=1S/C15H17N3O3S/c1-11-8-14(5-6-15(11)18-12(2)19)22(20,21)17-10-13-4-3-7-16-9-13/h3-9,17H,10H2,1-2H3,(H,18,19). The van der Waals surface area contributed by atoms with Gasteiger partial charge in [0, 0.05) is 31.5 Å². The normalized spacial score (nSPS) is 11.2. The lowest BCUT2D eigenvalue weighted by atomic mass is 10.2. The number of amides is 1. The zero-order valence-corrected chi connectivity index (χ0v) is 13.1. The summed E-state index contributed by atoms with van der Waals surface area (Å²) in [7, 11) is -3.62. The van der Waals surface area contributed by atoms with E-state index in [4.69, 9.17) is 0 Å². The highest BCUT2D eigenvalue weighted by Crippen LogP contribution is 2.19. The van der Waals surface area contributed by atoms with Crippen LogP contribution in [-0.4, -0.2) is 19.3 Å². The number of anilines is 1. The average molecular weight is 319 g/mol. The monoisotopic (exact) mass is 319 g/mol. The van der Waals surface area contributed by atoms with Crippen LogP contribution in [0.15, 0.2) is 47.6 Å². The van der Waals surface area contributed by atoms with E-state index in [-0.39, 0.29) is 17.3 Å². The molecule has 0 unspecified atom stereocenters. The minimum Gasteiger partial charge on any atom is -0.326 e. The molecule has 7 heteroatoms. The average Bonchev–Trinajstić information content (AvgIpc) is 2.48. The van der Waals surface area contributed by atoms with Gasteiger partial charge in [-0.3, -0.25) is 9.78 Å². The molecule has 22 heavy (non-hydrogen) atoms. The molecule has 0 radical (unpaired) electrons. The largest absolute Gasteiger partial charge is 0.326 e. The molecule has 0 fully saturated rings. The Morgan fingerprint density at radius 3 is 2.64 bits per heavy atom. The number of benzene rings is 1. The Morgan fingerprint density at radius 1 is 1.27 bits per heavy atom. The highest BCUT2D eigenvalue weighted by molar-refractivity contribution is 7.89. The molecule has 6 nitrogen and oxygen atoms in total. The third kappa shape index (κ3) is 4.12. The third-order valence-corrected chi connectivity index (χ3v) is 4.41. The lowest BCUT2D eigenvalue weighted by Crippen LogP contribution is -2.23. The predicted molar refractivity (Wildman–Crippen MR) is 83.7 cm³/mol. The summed E-state index contributed by atoms with van der Waals surface area (Å²) in [4.78, 5) is 15.2. The van der Waals surface area contributed by atoms with Gasteiger partial charge in [-0.2, -0.15) is 0 Å². The summed E-state index contributed by atoms with van der Waals surface area (Å²) < 4.78 is 27.1. The first-order valence-corrected chi connectivity index (χ1v) is 8.13. The zero-order chi connectivity index (χ0) is 16.2. The molecular formula is C15H17N3O3S. The maximum atomic E-state index is 12.3. The molecule has 2 aromatic rings. The lowest BCUT2D eigenvalue weighted by molar-refractivity contribution is -0.114. The molecule has 0 spiro atoms. The quantitative estimate of drug-likeness (QED) is 0.880. The van der Waals surface area contributed by atoms with Crippen LogP contribution in [0.3, 0.4) is 0 Å². The minimum atomic E-state index is -3.62. The molecule has 2 N–H and O–H groups in total. The molecule has 0 aliphatic rings. The molecule has 1 aromatic heterocycles. The first-order valence-electron chi connectivity index (χ1n) is 6.65. The smallest absolute Gasteiger partial charge is 0.240 e. The first kappa shape index (κ1) is 16.1. The fraction of sp³-hybridized carbons (Fsp3) is 0.200. The number of aryl methyl sites for hydroxylation is 1. The van der Waals surface area contributed by atoms with E-state index in [1.807, 2.05) is 0 Å². The maximum Gasteiger partial charge on any atom is 0.240 e. The molecule has 1 amide bonds.